The van der Waals surface area contributed by atoms with E-state index in [1.807, 2.05) is 17.8 Å². The fourth-order valence-corrected chi connectivity index (χ4v) is 2.81. The number of anilines is 1. The lowest BCUT2D eigenvalue weighted by Gasteiger charge is -2.25. The van der Waals surface area contributed by atoms with Crippen LogP contribution in [0.4, 0.5) is 5.69 Å². The van der Waals surface area contributed by atoms with Gasteiger partial charge in [0.2, 0.25) is 0 Å². The van der Waals surface area contributed by atoms with Gasteiger partial charge in [-0.2, -0.15) is 0 Å². The van der Waals surface area contributed by atoms with Crippen LogP contribution in [0.2, 0.25) is 0 Å². The van der Waals surface area contributed by atoms with E-state index >= 15 is 0 Å². The Balaban J connectivity index is 2.00. The molecule has 92 valence electrons. The Kier molecular flexibility index (Phi) is 4.95. The Labute approximate surface area is 108 Å². The molecule has 0 aromatic heterocycles. The number of hydrogen-bond acceptors (Lipinski definition) is 3. The summed E-state index contributed by atoms with van der Waals surface area (Å²) >= 11 is 1.83. The largest absolute Gasteiger partial charge is 0.380 e. The third kappa shape index (κ3) is 3.79. The molecule has 1 aromatic rings. The lowest BCUT2D eigenvalue weighted by atomic mass is 10.1. The van der Waals surface area contributed by atoms with Crippen molar-refractivity contribution in [2.24, 2.45) is 0 Å². The van der Waals surface area contributed by atoms with Crippen molar-refractivity contribution in [3.05, 3.63) is 36.9 Å². The van der Waals surface area contributed by atoms with Crippen LogP contribution in [0.25, 0.3) is 0 Å². The molecule has 1 unspecified atom stereocenters. The van der Waals surface area contributed by atoms with E-state index < -0.39 is 0 Å². The Morgan fingerprint density at radius 1 is 1.47 bits per heavy atom. The zero-order valence-electron chi connectivity index (χ0n) is 10.1. The van der Waals surface area contributed by atoms with Crippen LogP contribution in [0.3, 0.4) is 0 Å². The minimum absolute atomic E-state index is 0.564. The Morgan fingerprint density at radius 2 is 2.35 bits per heavy atom. The van der Waals surface area contributed by atoms with Gasteiger partial charge in [0, 0.05) is 28.9 Å². The first-order valence-electron chi connectivity index (χ1n) is 6.20. The van der Waals surface area contributed by atoms with Crippen LogP contribution in [0.1, 0.15) is 12.8 Å². The van der Waals surface area contributed by atoms with Crippen molar-refractivity contribution in [3.8, 4) is 0 Å². The van der Waals surface area contributed by atoms with E-state index in [1.54, 1.807) is 0 Å². The highest BCUT2D eigenvalue weighted by atomic mass is 32.2. The molecule has 0 bridgehead atoms. The highest BCUT2D eigenvalue weighted by Gasteiger charge is 2.13. The molecule has 1 aromatic carbocycles. The normalized spacial score (nSPS) is 19.9. The first-order valence-corrected chi connectivity index (χ1v) is 7.18. The SMILES string of the molecule is C=CCSc1ccccc1NC1CCCNC1. The molecule has 1 aliphatic heterocycles. The zero-order valence-corrected chi connectivity index (χ0v) is 10.9. The fourth-order valence-electron chi connectivity index (χ4n) is 2.06. The predicted octanol–water partition coefficient (Wildman–Crippen LogP) is 3.13. The molecule has 2 rings (SSSR count). The summed E-state index contributed by atoms with van der Waals surface area (Å²) in [5.41, 5.74) is 1.26. The molecule has 0 saturated carbocycles. The Bertz CT molecular complexity index is 359. The molecule has 0 aliphatic carbocycles. The molecule has 17 heavy (non-hydrogen) atoms. The number of piperidine rings is 1. The molecule has 1 atom stereocenters. The van der Waals surface area contributed by atoms with Crippen LogP contribution < -0.4 is 10.6 Å². The average molecular weight is 248 g/mol. The summed E-state index contributed by atoms with van der Waals surface area (Å²) in [7, 11) is 0. The molecule has 3 heteroatoms. The van der Waals surface area contributed by atoms with Crippen molar-refractivity contribution < 1.29 is 0 Å². The van der Waals surface area contributed by atoms with Gasteiger partial charge in [0.15, 0.2) is 0 Å². The summed E-state index contributed by atoms with van der Waals surface area (Å²) in [6, 6.07) is 9.09. The van der Waals surface area contributed by atoms with Gasteiger partial charge in [-0.3, -0.25) is 0 Å². The number of thioether (sulfide) groups is 1. The third-order valence-corrected chi connectivity index (χ3v) is 3.97. The summed E-state index contributed by atoms with van der Waals surface area (Å²) in [5, 5.41) is 7.07. The molecule has 0 radical (unpaired) electrons. The van der Waals surface area contributed by atoms with Gasteiger partial charge in [-0.25, -0.2) is 0 Å². The maximum absolute atomic E-state index is 3.77. The Morgan fingerprint density at radius 3 is 3.12 bits per heavy atom. The number of para-hydroxylation sites is 1. The first kappa shape index (κ1) is 12.5. The number of nitrogens with one attached hydrogen (secondary N) is 2. The molecule has 0 spiro atoms. The van der Waals surface area contributed by atoms with Gasteiger partial charge in [0.05, 0.1) is 0 Å². The van der Waals surface area contributed by atoms with Gasteiger partial charge in [-0.1, -0.05) is 18.2 Å². The summed E-state index contributed by atoms with van der Waals surface area (Å²) in [6.45, 7) is 6.00. The van der Waals surface area contributed by atoms with Crippen molar-refractivity contribution in [2.75, 3.05) is 24.2 Å². The van der Waals surface area contributed by atoms with Crippen LogP contribution in [0, 0.1) is 0 Å². The van der Waals surface area contributed by atoms with E-state index in [0.717, 1.165) is 18.8 Å². The second-order valence-electron chi connectivity index (χ2n) is 4.28. The van der Waals surface area contributed by atoms with Gasteiger partial charge in [-0.05, 0) is 31.5 Å². The van der Waals surface area contributed by atoms with Gasteiger partial charge < -0.3 is 10.6 Å². The second kappa shape index (κ2) is 6.72. The van der Waals surface area contributed by atoms with Gasteiger partial charge in [0.25, 0.3) is 0 Å². The first-order chi connectivity index (χ1) is 8.40. The standard InChI is InChI=1S/C14H20N2S/c1-2-10-17-14-8-4-3-7-13(14)16-12-6-5-9-15-11-12/h2-4,7-8,12,15-16H,1,5-6,9-11H2. The van der Waals surface area contributed by atoms with Crippen molar-refractivity contribution in [1.82, 2.24) is 5.32 Å². The lowest BCUT2D eigenvalue weighted by molar-refractivity contribution is 0.479. The molecular weight excluding hydrogens is 228 g/mol. The highest BCUT2D eigenvalue weighted by Crippen LogP contribution is 2.28. The number of rotatable bonds is 5. The van der Waals surface area contributed by atoms with Crippen molar-refractivity contribution in [3.63, 3.8) is 0 Å². The lowest BCUT2D eigenvalue weighted by Crippen LogP contribution is -2.38. The summed E-state index contributed by atoms with van der Waals surface area (Å²) in [6.07, 6.45) is 4.47. The average Bonchev–Trinajstić information content (AvgIpc) is 2.39. The molecule has 1 fully saturated rings. The second-order valence-corrected chi connectivity index (χ2v) is 5.35. The van der Waals surface area contributed by atoms with Gasteiger partial charge in [-0.15, -0.1) is 18.3 Å². The minimum Gasteiger partial charge on any atom is -0.380 e. The van der Waals surface area contributed by atoms with Crippen LogP contribution in [-0.2, 0) is 0 Å². The zero-order chi connectivity index (χ0) is 11.9. The number of hydrogen-bond donors (Lipinski definition) is 2. The maximum Gasteiger partial charge on any atom is 0.0481 e. The van der Waals surface area contributed by atoms with Crippen LogP contribution in [0.5, 0.6) is 0 Å². The van der Waals surface area contributed by atoms with Crippen molar-refractivity contribution in [2.45, 2.75) is 23.8 Å². The fraction of sp³-hybridized carbons (Fsp3) is 0.429. The molecular formula is C14H20N2S. The molecule has 1 heterocycles. The van der Waals surface area contributed by atoms with E-state index in [-0.39, 0.29) is 0 Å². The molecule has 0 amide bonds. The van der Waals surface area contributed by atoms with Gasteiger partial charge in [0.1, 0.15) is 0 Å². The monoisotopic (exact) mass is 248 g/mol. The quantitative estimate of drug-likeness (QED) is 0.618. The van der Waals surface area contributed by atoms with E-state index in [1.165, 1.54) is 23.4 Å². The third-order valence-electron chi connectivity index (χ3n) is 2.90. The predicted molar refractivity (Wildman–Crippen MR) is 76.9 cm³/mol. The van der Waals surface area contributed by atoms with Crippen molar-refractivity contribution in [1.29, 1.82) is 0 Å². The van der Waals surface area contributed by atoms with Crippen LogP contribution in [0.15, 0.2) is 41.8 Å². The summed E-state index contributed by atoms with van der Waals surface area (Å²) in [4.78, 5) is 1.32. The molecule has 2 N–H and O–H groups in total. The van der Waals surface area contributed by atoms with E-state index in [2.05, 4.69) is 41.5 Å². The van der Waals surface area contributed by atoms with E-state index in [0.29, 0.717) is 6.04 Å². The minimum atomic E-state index is 0.564. The van der Waals surface area contributed by atoms with E-state index in [4.69, 9.17) is 0 Å². The summed E-state index contributed by atoms with van der Waals surface area (Å²) in [5.74, 6) is 0.960. The molecule has 1 saturated heterocycles. The Hall–Kier alpha value is -0.930. The maximum atomic E-state index is 3.77. The van der Waals surface area contributed by atoms with Crippen LogP contribution >= 0.6 is 11.8 Å². The van der Waals surface area contributed by atoms with Crippen LogP contribution in [-0.4, -0.2) is 24.9 Å². The van der Waals surface area contributed by atoms with E-state index in [9.17, 15) is 0 Å². The van der Waals surface area contributed by atoms with Gasteiger partial charge >= 0.3 is 0 Å². The summed E-state index contributed by atoms with van der Waals surface area (Å²) < 4.78 is 0. The smallest absolute Gasteiger partial charge is 0.0481 e. The molecule has 2 nitrogen and oxygen atoms in total. The van der Waals surface area contributed by atoms with Crippen molar-refractivity contribution >= 4 is 17.4 Å². The highest BCUT2D eigenvalue weighted by molar-refractivity contribution is 7.99. The number of benzene rings is 1. The molecule has 1 aliphatic rings. The topological polar surface area (TPSA) is 24.1 Å².